The van der Waals surface area contributed by atoms with Gasteiger partial charge >= 0.3 is 13.3 Å². The Morgan fingerprint density at radius 3 is 2.30 bits per heavy atom. The van der Waals surface area contributed by atoms with E-state index in [1.165, 1.54) is 13.0 Å². The summed E-state index contributed by atoms with van der Waals surface area (Å²) >= 11 is 5.98. The molecule has 0 unspecified atom stereocenters. The van der Waals surface area contributed by atoms with Crippen molar-refractivity contribution in [3.63, 3.8) is 0 Å². The molecule has 27 heavy (non-hydrogen) atoms. The van der Waals surface area contributed by atoms with Crippen LogP contribution in [-0.2, 0) is 20.3 Å². The first-order valence-electron chi connectivity index (χ1n) is 8.26. The minimum Gasteiger partial charge on any atom is -0.400 e. The minimum absolute atomic E-state index is 0.0746. The Labute approximate surface area is 161 Å². The number of rotatable bonds is 4. The van der Waals surface area contributed by atoms with Crippen molar-refractivity contribution in [2.24, 2.45) is 0 Å². The fraction of sp³-hybridized carbons (Fsp3) is 0.529. The van der Waals surface area contributed by atoms with Crippen LogP contribution in [0, 0.1) is 0 Å². The van der Waals surface area contributed by atoms with E-state index in [0.29, 0.717) is 11.7 Å². The Balaban J connectivity index is 2.39. The zero-order chi connectivity index (χ0) is 20.6. The van der Waals surface area contributed by atoms with Gasteiger partial charge in [-0.3, -0.25) is 9.78 Å². The smallest absolute Gasteiger partial charge is 0.400 e. The highest BCUT2D eigenvalue weighted by Crippen LogP contribution is 2.39. The van der Waals surface area contributed by atoms with Crippen molar-refractivity contribution in [2.75, 3.05) is 6.54 Å². The van der Waals surface area contributed by atoms with E-state index in [0.717, 1.165) is 6.07 Å². The van der Waals surface area contributed by atoms with E-state index >= 15 is 0 Å². The van der Waals surface area contributed by atoms with Crippen LogP contribution >= 0.6 is 11.6 Å². The first-order chi connectivity index (χ1) is 12.2. The molecule has 5 nitrogen and oxygen atoms in total. The van der Waals surface area contributed by atoms with Crippen molar-refractivity contribution in [1.29, 1.82) is 0 Å². The van der Waals surface area contributed by atoms with Gasteiger partial charge in [0.05, 0.1) is 27.5 Å². The molecule has 0 aromatic carbocycles. The summed E-state index contributed by atoms with van der Waals surface area (Å²) in [5.74, 6) is -0.274. The molecule has 1 saturated heterocycles. The van der Waals surface area contributed by atoms with Crippen LogP contribution in [0.15, 0.2) is 17.7 Å². The molecule has 2 heterocycles. The lowest BCUT2D eigenvalue weighted by atomic mass is 9.77. The fourth-order valence-electron chi connectivity index (χ4n) is 2.31. The van der Waals surface area contributed by atoms with Gasteiger partial charge in [-0.15, -0.1) is 0 Å². The second-order valence-corrected chi connectivity index (χ2v) is 7.71. The van der Waals surface area contributed by atoms with Crippen LogP contribution in [0.25, 0.3) is 6.08 Å². The number of pyridine rings is 1. The van der Waals surface area contributed by atoms with Gasteiger partial charge in [-0.05, 0) is 45.3 Å². The predicted octanol–water partition coefficient (Wildman–Crippen LogP) is 3.90. The first kappa shape index (κ1) is 21.7. The van der Waals surface area contributed by atoms with Gasteiger partial charge in [-0.2, -0.15) is 13.2 Å². The largest absolute Gasteiger partial charge is 0.492 e. The molecule has 1 fully saturated rings. The van der Waals surface area contributed by atoms with E-state index in [1.807, 2.05) is 27.7 Å². The number of halogens is 4. The SMILES string of the molecule is CC(=O)NCC(=Cc1ncc(C(F)(F)F)cc1Cl)B1OC(C)(C)C(C)(C)O1. The van der Waals surface area contributed by atoms with Gasteiger partial charge in [0.15, 0.2) is 0 Å². The van der Waals surface area contributed by atoms with Gasteiger partial charge < -0.3 is 14.6 Å². The topological polar surface area (TPSA) is 60.5 Å². The summed E-state index contributed by atoms with van der Waals surface area (Å²) in [6.07, 6.45) is -2.36. The number of amides is 1. The molecule has 0 radical (unpaired) electrons. The van der Waals surface area contributed by atoms with Crippen LogP contribution < -0.4 is 5.32 Å². The summed E-state index contributed by atoms with van der Waals surface area (Å²) in [6, 6.07) is 0.806. The highest BCUT2D eigenvalue weighted by Gasteiger charge is 2.52. The third kappa shape index (κ3) is 5.03. The lowest BCUT2D eigenvalue weighted by molar-refractivity contribution is -0.137. The second kappa shape index (κ2) is 7.45. The Bertz CT molecular complexity index is 750. The van der Waals surface area contributed by atoms with Crippen molar-refractivity contribution >= 4 is 30.7 Å². The number of hydrogen-bond acceptors (Lipinski definition) is 4. The van der Waals surface area contributed by atoms with Gasteiger partial charge in [0.1, 0.15) is 0 Å². The molecule has 148 valence electrons. The monoisotopic (exact) mass is 404 g/mol. The molecule has 0 aliphatic carbocycles. The van der Waals surface area contributed by atoms with Crippen LogP contribution in [0.2, 0.25) is 5.02 Å². The van der Waals surface area contributed by atoms with E-state index in [2.05, 4.69) is 10.3 Å². The van der Waals surface area contributed by atoms with Crippen LogP contribution in [0.5, 0.6) is 0 Å². The third-order valence-electron chi connectivity index (χ3n) is 4.62. The molecule has 2 rings (SSSR count). The molecule has 1 aliphatic heterocycles. The number of hydrogen-bond donors (Lipinski definition) is 1. The molecule has 1 N–H and O–H groups in total. The average molecular weight is 405 g/mol. The lowest BCUT2D eigenvalue weighted by Crippen LogP contribution is -2.41. The summed E-state index contributed by atoms with van der Waals surface area (Å²) < 4.78 is 50.3. The first-order valence-corrected chi connectivity index (χ1v) is 8.64. The number of aromatic nitrogens is 1. The molecule has 1 aromatic heterocycles. The molecule has 0 atom stereocenters. The quantitative estimate of drug-likeness (QED) is 0.773. The second-order valence-electron chi connectivity index (χ2n) is 7.31. The van der Waals surface area contributed by atoms with Crippen molar-refractivity contribution in [3.05, 3.63) is 34.0 Å². The maximum Gasteiger partial charge on any atom is 0.492 e. The zero-order valence-corrected chi connectivity index (χ0v) is 16.5. The van der Waals surface area contributed by atoms with Crippen LogP contribution in [0.1, 0.15) is 45.9 Å². The standard InChI is InChI=1S/C17H21BClF3N2O3/c1-10(25)23-9-12(18-26-15(2,3)16(4,5)27-18)7-14-13(19)6-11(8-24-14)17(20,21)22/h6-8H,9H2,1-5H3,(H,23,25). The minimum atomic E-state index is -4.54. The summed E-state index contributed by atoms with van der Waals surface area (Å²) in [7, 11) is -0.804. The van der Waals surface area contributed by atoms with Gasteiger partial charge in [0, 0.05) is 19.7 Å². The van der Waals surface area contributed by atoms with Crippen molar-refractivity contribution < 1.29 is 27.3 Å². The van der Waals surface area contributed by atoms with Gasteiger partial charge in [0.25, 0.3) is 0 Å². The zero-order valence-electron chi connectivity index (χ0n) is 15.7. The third-order valence-corrected chi connectivity index (χ3v) is 4.92. The predicted molar refractivity (Wildman–Crippen MR) is 97.0 cm³/mol. The molecule has 1 amide bonds. The summed E-state index contributed by atoms with van der Waals surface area (Å²) in [4.78, 5) is 15.1. The van der Waals surface area contributed by atoms with Gasteiger partial charge in [-0.25, -0.2) is 0 Å². The van der Waals surface area contributed by atoms with Gasteiger partial charge in [-0.1, -0.05) is 11.6 Å². The Kier molecular flexibility index (Phi) is 5.99. The summed E-state index contributed by atoms with van der Waals surface area (Å²) in [5, 5.41) is 2.47. The van der Waals surface area contributed by atoms with E-state index in [4.69, 9.17) is 20.9 Å². The number of carbonyl (C=O) groups excluding carboxylic acids is 1. The van der Waals surface area contributed by atoms with Crippen LogP contribution in [-0.4, -0.2) is 35.8 Å². The maximum absolute atomic E-state index is 12.8. The van der Waals surface area contributed by atoms with Crippen molar-refractivity contribution in [2.45, 2.75) is 52.0 Å². The summed E-state index contributed by atoms with van der Waals surface area (Å²) in [6.45, 7) is 8.90. The maximum atomic E-state index is 12.8. The number of alkyl halides is 3. The number of nitrogens with zero attached hydrogens (tertiary/aromatic N) is 1. The van der Waals surface area contributed by atoms with Crippen LogP contribution in [0.3, 0.4) is 0 Å². The molecule has 1 aromatic rings. The molecule has 0 spiro atoms. The summed E-state index contributed by atoms with van der Waals surface area (Å²) in [5.41, 5.74) is -1.57. The number of carbonyl (C=O) groups is 1. The van der Waals surface area contributed by atoms with E-state index < -0.39 is 30.1 Å². The molecule has 10 heteroatoms. The normalized spacial score (nSPS) is 19.3. The molecule has 1 aliphatic rings. The molecular formula is C17H21BClF3N2O3. The average Bonchev–Trinajstić information content (AvgIpc) is 2.71. The Morgan fingerprint density at radius 2 is 1.85 bits per heavy atom. The highest BCUT2D eigenvalue weighted by molar-refractivity contribution is 6.56. The van der Waals surface area contributed by atoms with Crippen LogP contribution in [0.4, 0.5) is 13.2 Å². The number of nitrogens with one attached hydrogen (secondary N) is 1. The van der Waals surface area contributed by atoms with Crippen molar-refractivity contribution in [3.8, 4) is 0 Å². The van der Waals surface area contributed by atoms with E-state index in [1.54, 1.807) is 0 Å². The van der Waals surface area contributed by atoms with Gasteiger partial charge in [0.2, 0.25) is 5.91 Å². The molecule has 0 saturated carbocycles. The Morgan fingerprint density at radius 1 is 1.30 bits per heavy atom. The molecule has 0 bridgehead atoms. The Hall–Kier alpha value is -1.58. The van der Waals surface area contributed by atoms with E-state index in [-0.39, 0.29) is 23.2 Å². The fourth-order valence-corrected chi connectivity index (χ4v) is 2.53. The highest BCUT2D eigenvalue weighted by atomic mass is 35.5. The lowest BCUT2D eigenvalue weighted by Gasteiger charge is -2.32. The van der Waals surface area contributed by atoms with Crippen molar-refractivity contribution in [1.82, 2.24) is 10.3 Å². The van der Waals surface area contributed by atoms with E-state index in [9.17, 15) is 18.0 Å². The molecular weight excluding hydrogens is 383 g/mol.